The number of aliphatic hydroxyl groups excluding tert-OH is 1. The van der Waals surface area contributed by atoms with Crippen LogP contribution in [0.4, 0.5) is 4.79 Å². The van der Waals surface area contributed by atoms with Crippen LogP contribution in [0.5, 0.6) is 0 Å². The monoisotopic (exact) mass is 872 g/mol. The van der Waals surface area contributed by atoms with Gasteiger partial charge in [-0.05, 0) is 51.4 Å². The lowest BCUT2D eigenvalue weighted by Crippen LogP contribution is -2.58. The Labute approximate surface area is 351 Å². The van der Waals surface area contributed by atoms with Crippen molar-refractivity contribution in [3.63, 3.8) is 0 Å². The lowest BCUT2D eigenvalue weighted by molar-refractivity contribution is -0.142. The topological polar surface area (TPSA) is 366 Å². The minimum absolute atomic E-state index is 0.0860. The van der Waals surface area contributed by atoms with Gasteiger partial charge in [-0.1, -0.05) is 20.3 Å². The van der Waals surface area contributed by atoms with Crippen LogP contribution in [0.15, 0.2) is 0 Å². The molecule has 8 atom stereocenters. The van der Waals surface area contributed by atoms with E-state index in [4.69, 9.17) is 10.9 Å². The molecule has 60 heavy (non-hydrogen) atoms. The van der Waals surface area contributed by atoms with Gasteiger partial charge in [-0.15, -0.1) is 0 Å². The van der Waals surface area contributed by atoms with Crippen LogP contribution in [0.1, 0.15) is 85.0 Å². The predicted molar refractivity (Wildman–Crippen MR) is 213 cm³/mol. The number of primary amides is 1. The Bertz CT molecular complexity index is 1550. The van der Waals surface area contributed by atoms with E-state index < -0.39 is 103 Å². The number of carboxylic acid groups (broad SMARTS) is 1. The van der Waals surface area contributed by atoms with Crippen LogP contribution in [-0.4, -0.2) is 142 Å². The van der Waals surface area contributed by atoms with Gasteiger partial charge in [0.15, 0.2) is 0 Å². The molecular formula is C36H60N10O13S. The predicted octanol–water partition coefficient (Wildman–Crippen LogP) is -3.42. The number of fused-ring (bicyclic) bond motifs is 1. The largest absolute Gasteiger partial charge is 0.481 e. The summed E-state index contributed by atoms with van der Waals surface area (Å²) >= 11 is 1.82. The van der Waals surface area contributed by atoms with Gasteiger partial charge in [-0.2, -0.15) is 11.8 Å². The van der Waals surface area contributed by atoms with Crippen molar-refractivity contribution in [2.45, 2.75) is 127 Å². The highest BCUT2D eigenvalue weighted by atomic mass is 32.2. The van der Waals surface area contributed by atoms with E-state index in [0.29, 0.717) is 37.5 Å². The minimum Gasteiger partial charge on any atom is -0.481 e. The molecule has 2 rings (SSSR count). The number of nitrogens with two attached hydrogens (primary N) is 1. The number of carbonyl (C=O) groups excluding carboxylic acids is 9. The number of hydrogen-bond acceptors (Lipinski definition) is 13. The van der Waals surface area contributed by atoms with Crippen molar-refractivity contribution >= 4 is 71.0 Å². The second-order valence-electron chi connectivity index (χ2n) is 15.2. The summed E-state index contributed by atoms with van der Waals surface area (Å²) in [5.74, 6) is -8.32. The van der Waals surface area contributed by atoms with Crippen molar-refractivity contribution in [1.82, 2.24) is 48.0 Å². The Morgan fingerprint density at radius 1 is 0.783 bits per heavy atom. The molecular weight excluding hydrogens is 813 g/mol. The zero-order chi connectivity index (χ0) is 44.9. The summed E-state index contributed by atoms with van der Waals surface area (Å²) in [6.45, 7) is 3.64. The molecule has 2 saturated heterocycles. The molecule has 24 heteroatoms. The van der Waals surface area contributed by atoms with Crippen molar-refractivity contribution < 1.29 is 63.4 Å². The molecule has 0 aliphatic carbocycles. The molecule has 14 N–H and O–H groups in total. The molecule has 23 nitrogen and oxygen atoms in total. The van der Waals surface area contributed by atoms with Crippen LogP contribution in [-0.2, 0) is 43.2 Å². The number of unbranched alkanes of at least 4 members (excludes halogenated alkanes) is 2. The maximum absolute atomic E-state index is 13.1. The average molecular weight is 873 g/mol. The third-order valence-corrected chi connectivity index (χ3v) is 11.1. The Balaban J connectivity index is 1.74. The van der Waals surface area contributed by atoms with E-state index in [2.05, 4.69) is 42.5 Å². The standard InChI is InChI=1S/C36H60N10O13S/c1-18(2)12-20(13-26(49)46-59)33(55)44-30(19(3)47)35(57)42-22(14-29(52)53)34(56)40-15-27(50)39-16-28(51)41-21(32(37)54)8-6-7-11-38-25(48)10-5-4-9-24-31-23(17-60-24)43-36(58)45-31/h18-24,30-31,47,59H,4-17H2,1-3H3,(H2,37,54)(H,38,48)(H,39,50)(H,40,56)(H,41,51)(H,42,57)(H,44,55)(H,46,49)(H,52,53)(H2,43,45,58)/t19-,20?,21+,22+,23+,24+,30+,31+/m1/s1. The molecule has 1 unspecified atom stereocenters. The second kappa shape index (κ2) is 26.1. The Kier molecular flexibility index (Phi) is 22.1. The number of hydroxylamine groups is 1. The highest BCUT2D eigenvalue weighted by Gasteiger charge is 2.42. The number of carbonyl (C=O) groups is 10. The molecule has 0 bridgehead atoms. The molecule has 2 heterocycles. The summed E-state index contributed by atoms with van der Waals surface area (Å²) in [6.07, 6.45) is 1.10. The number of nitrogens with one attached hydrogen (secondary N) is 9. The van der Waals surface area contributed by atoms with Gasteiger partial charge in [-0.25, -0.2) is 10.3 Å². The number of rotatable bonds is 28. The van der Waals surface area contributed by atoms with Gasteiger partial charge in [0.2, 0.25) is 47.3 Å². The number of aliphatic hydroxyl groups is 1. The fourth-order valence-corrected chi connectivity index (χ4v) is 8.11. The Hall–Kier alpha value is -5.23. The van der Waals surface area contributed by atoms with Gasteiger partial charge >= 0.3 is 12.0 Å². The molecule has 0 spiro atoms. The molecule has 2 aliphatic heterocycles. The van der Waals surface area contributed by atoms with Gasteiger partial charge in [-0.3, -0.25) is 48.4 Å². The Morgan fingerprint density at radius 3 is 2.12 bits per heavy atom. The SMILES string of the molecule is CC(C)CC(CC(=O)NO)C(=O)N[C@H](C(=O)N[C@@H](CC(=O)O)C(=O)NCC(=O)NCC(=O)N[C@@H](CCCCNC(=O)CCCC[C@@H]1SC[C@@H]2NC(=O)N[C@@H]21)C(N)=O)[C@@H](C)O. The van der Waals surface area contributed by atoms with Crippen LogP contribution in [0.3, 0.4) is 0 Å². The molecule has 0 aromatic heterocycles. The maximum atomic E-state index is 13.1. The first-order valence-corrected chi connectivity index (χ1v) is 20.9. The van der Waals surface area contributed by atoms with E-state index in [1.807, 2.05) is 11.8 Å². The normalized spacial score (nSPS) is 19.2. The fraction of sp³-hybridized carbons (Fsp3) is 0.722. The van der Waals surface area contributed by atoms with E-state index in [1.165, 1.54) is 5.48 Å². The highest BCUT2D eigenvalue weighted by Crippen LogP contribution is 2.33. The highest BCUT2D eigenvalue weighted by molar-refractivity contribution is 8.00. The van der Waals surface area contributed by atoms with Gasteiger partial charge < -0.3 is 58.5 Å². The molecule has 0 aromatic rings. The lowest BCUT2D eigenvalue weighted by atomic mass is 9.92. The Morgan fingerprint density at radius 2 is 1.48 bits per heavy atom. The average Bonchev–Trinajstić information content (AvgIpc) is 3.73. The summed E-state index contributed by atoms with van der Waals surface area (Å²) in [5, 5.41) is 48.6. The number of urea groups is 1. The number of carboxylic acids is 1. The number of amides is 10. The lowest BCUT2D eigenvalue weighted by Gasteiger charge is -2.26. The summed E-state index contributed by atoms with van der Waals surface area (Å²) in [5.41, 5.74) is 6.85. The second-order valence-corrected chi connectivity index (χ2v) is 16.5. The fourth-order valence-electron chi connectivity index (χ4n) is 6.57. The minimum atomic E-state index is -1.78. The van der Waals surface area contributed by atoms with E-state index in [1.54, 1.807) is 13.8 Å². The number of hydrogen-bond donors (Lipinski definition) is 13. The molecule has 10 amide bonds. The summed E-state index contributed by atoms with van der Waals surface area (Å²) in [7, 11) is 0. The van der Waals surface area contributed by atoms with Crippen molar-refractivity contribution in [1.29, 1.82) is 0 Å². The molecule has 0 saturated carbocycles. The first-order chi connectivity index (χ1) is 28.3. The van der Waals surface area contributed by atoms with Gasteiger partial charge in [0.1, 0.15) is 18.1 Å². The van der Waals surface area contributed by atoms with Gasteiger partial charge in [0.05, 0.1) is 37.7 Å². The molecule has 0 radical (unpaired) electrons. The zero-order valence-corrected chi connectivity index (χ0v) is 34.8. The maximum Gasteiger partial charge on any atom is 0.315 e. The first kappa shape index (κ1) is 50.9. The van der Waals surface area contributed by atoms with Crippen molar-refractivity contribution in [2.75, 3.05) is 25.4 Å². The molecule has 0 aromatic carbocycles. The first-order valence-electron chi connectivity index (χ1n) is 19.8. The third-order valence-electron chi connectivity index (χ3n) is 9.63. The zero-order valence-electron chi connectivity index (χ0n) is 34.0. The van der Waals surface area contributed by atoms with E-state index in [9.17, 15) is 58.2 Å². The van der Waals surface area contributed by atoms with Crippen LogP contribution >= 0.6 is 11.8 Å². The van der Waals surface area contributed by atoms with Crippen molar-refractivity contribution in [2.24, 2.45) is 17.6 Å². The van der Waals surface area contributed by atoms with E-state index >= 15 is 0 Å². The summed E-state index contributed by atoms with van der Waals surface area (Å²) in [4.78, 5) is 123. The van der Waals surface area contributed by atoms with Crippen LogP contribution in [0, 0.1) is 11.8 Å². The van der Waals surface area contributed by atoms with Crippen molar-refractivity contribution in [3.8, 4) is 0 Å². The number of thioether (sulfide) groups is 1. The van der Waals surface area contributed by atoms with Crippen molar-refractivity contribution in [3.05, 3.63) is 0 Å². The van der Waals surface area contributed by atoms with E-state index in [0.717, 1.165) is 25.5 Å². The summed E-state index contributed by atoms with van der Waals surface area (Å²) in [6, 6.07) is -4.41. The quantitative estimate of drug-likeness (QED) is 0.0158. The van der Waals surface area contributed by atoms with Crippen LogP contribution < -0.4 is 53.7 Å². The van der Waals surface area contributed by atoms with Gasteiger partial charge in [0, 0.05) is 36.3 Å². The van der Waals surface area contributed by atoms with Crippen LogP contribution in [0.2, 0.25) is 0 Å². The molecule has 2 aliphatic rings. The van der Waals surface area contributed by atoms with Gasteiger partial charge in [0.25, 0.3) is 0 Å². The van der Waals surface area contributed by atoms with E-state index in [-0.39, 0.29) is 42.8 Å². The van der Waals surface area contributed by atoms with Crippen LogP contribution in [0.25, 0.3) is 0 Å². The smallest absolute Gasteiger partial charge is 0.315 e. The number of aliphatic carboxylic acids is 1. The molecule has 338 valence electrons. The third kappa shape index (κ3) is 18.8. The summed E-state index contributed by atoms with van der Waals surface area (Å²) < 4.78 is 0. The molecule has 2 fully saturated rings.